The highest BCUT2D eigenvalue weighted by molar-refractivity contribution is 5.95. The molecule has 0 bridgehead atoms. The van der Waals surface area contributed by atoms with Crippen LogP contribution in [0.15, 0.2) is 42.5 Å². The highest BCUT2D eigenvalue weighted by Crippen LogP contribution is 2.20. The predicted molar refractivity (Wildman–Crippen MR) is 68.3 cm³/mol. The molecule has 104 valence electrons. The molecule has 0 fully saturated rings. The minimum Gasteiger partial charge on any atom is -0.322 e. The molecule has 0 unspecified atom stereocenters. The normalized spacial score (nSPS) is 12.0. The minimum absolute atomic E-state index is 0.391. The van der Waals surface area contributed by atoms with Gasteiger partial charge in [0.25, 0.3) is 0 Å². The maximum Gasteiger partial charge on any atom is 0.245 e. The number of anilines is 1. The van der Waals surface area contributed by atoms with Crippen molar-refractivity contribution in [1.82, 2.24) is 0 Å². The van der Waals surface area contributed by atoms with E-state index in [1.54, 1.807) is 30.3 Å². The Morgan fingerprint density at radius 2 is 1.75 bits per heavy atom. The van der Waals surface area contributed by atoms with Crippen LogP contribution in [0.25, 0.3) is 0 Å². The van der Waals surface area contributed by atoms with Crippen LogP contribution in [0.1, 0.15) is 11.6 Å². The van der Waals surface area contributed by atoms with Gasteiger partial charge in [-0.1, -0.05) is 30.3 Å². The number of hydrogen-bond donors (Lipinski definition) is 2. The molecule has 2 aromatic carbocycles. The van der Waals surface area contributed by atoms with E-state index in [4.69, 9.17) is 5.73 Å². The lowest BCUT2D eigenvalue weighted by atomic mass is 10.1. The van der Waals surface area contributed by atoms with E-state index in [1.807, 2.05) is 0 Å². The molecule has 0 aromatic heterocycles. The van der Waals surface area contributed by atoms with E-state index in [2.05, 4.69) is 5.32 Å². The van der Waals surface area contributed by atoms with Gasteiger partial charge in [-0.05, 0) is 5.56 Å². The summed E-state index contributed by atoms with van der Waals surface area (Å²) in [5, 5.41) is 2.07. The van der Waals surface area contributed by atoms with Crippen molar-refractivity contribution in [2.45, 2.75) is 6.04 Å². The Morgan fingerprint density at radius 3 is 2.40 bits per heavy atom. The van der Waals surface area contributed by atoms with E-state index in [1.165, 1.54) is 0 Å². The van der Waals surface area contributed by atoms with E-state index in [0.717, 1.165) is 0 Å². The van der Waals surface area contributed by atoms with Gasteiger partial charge in [-0.3, -0.25) is 4.79 Å². The van der Waals surface area contributed by atoms with E-state index in [9.17, 15) is 18.0 Å². The van der Waals surface area contributed by atoms with Gasteiger partial charge < -0.3 is 11.1 Å². The fourth-order valence-corrected chi connectivity index (χ4v) is 1.67. The van der Waals surface area contributed by atoms with Crippen molar-refractivity contribution in [2.75, 3.05) is 5.32 Å². The summed E-state index contributed by atoms with van der Waals surface area (Å²) in [4.78, 5) is 11.8. The molecule has 3 nitrogen and oxygen atoms in total. The smallest absolute Gasteiger partial charge is 0.245 e. The number of nitrogens with two attached hydrogens (primary N) is 1. The fourth-order valence-electron chi connectivity index (χ4n) is 1.67. The van der Waals surface area contributed by atoms with Crippen molar-refractivity contribution in [3.63, 3.8) is 0 Å². The predicted octanol–water partition coefficient (Wildman–Crippen LogP) is 2.74. The topological polar surface area (TPSA) is 55.1 Å². The molecule has 6 heteroatoms. The van der Waals surface area contributed by atoms with E-state index >= 15 is 0 Å². The van der Waals surface area contributed by atoms with Crippen LogP contribution >= 0.6 is 0 Å². The molecule has 1 amide bonds. The molecule has 0 aliphatic heterocycles. The van der Waals surface area contributed by atoms with Crippen molar-refractivity contribution in [1.29, 1.82) is 0 Å². The quantitative estimate of drug-likeness (QED) is 0.849. The van der Waals surface area contributed by atoms with Crippen molar-refractivity contribution in [2.24, 2.45) is 5.73 Å². The largest absolute Gasteiger partial charge is 0.322 e. The van der Waals surface area contributed by atoms with Gasteiger partial charge in [0.05, 0.1) is 5.69 Å². The van der Waals surface area contributed by atoms with Crippen LogP contribution in [0.2, 0.25) is 0 Å². The van der Waals surface area contributed by atoms with Gasteiger partial charge in [0.15, 0.2) is 11.6 Å². The average molecular weight is 280 g/mol. The van der Waals surface area contributed by atoms with Crippen LogP contribution in [-0.2, 0) is 4.79 Å². The second-order valence-electron chi connectivity index (χ2n) is 4.13. The van der Waals surface area contributed by atoms with Crippen LogP contribution in [0.3, 0.4) is 0 Å². The third kappa shape index (κ3) is 2.97. The fraction of sp³-hybridized carbons (Fsp3) is 0.0714. The SMILES string of the molecule is N[C@@H](C(=O)Nc1cc(F)cc(F)c1F)c1ccccc1. The molecule has 2 rings (SSSR count). The number of hydrogen-bond acceptors (Lipinski definition) is 2. The summed E-state index contributed by atoms with van der Waals surface area (Å²) in [5.41, 5.74) is 5.61. The third-order valence-electron chi connectivity index (χ3n) is 2.69. The molecule has 0 spiro atoms. The maximum absolute atomic E-state index is 13.4. The maximum atomic E-state index is 13.4. The molecule has 0 heterocycles. The van der Waals surface area contributed by atoms with Gasteiger partial charge in [-0.2, -0.15) is 0 Å². The molecular formula is C14H11F3N2O. The van der Waals surface area contributed by atoms with Crippen LogP contribution in [-0.4, -0.2) is 5.91 Å². The lowest BCUT2D eigenvalue weighted by Crippen LogP contribution is -2.28. The Morgan fingerprint density at radius 1 is 1.10 bits per heavy atom. The lowest BCUT2D eigenvalue weighted by Gasteiger charge is -2.13. The van der Waals surface area contributed by atoms with E-state index in [0.29, 0.717) is 17.7 Å². The number of amides is 1. The minimum atomic E-state index is -1.38. The number of halogens is 3. The van der Waals surface area contributed by atoms with Crippen LogP contribution in [0.5, 0.6) is 0 Å². The Balaban J connectivity index is 2.20. The molecule has 2 aromatic rings. The summed E-state index contributed by atoms with van der Waals surface area (Å²) in [6, 6.07) is 8.36. The number of benzene rings is 2. The number of carbonyl (C=O) groups excluding carboxylic acids is 1. The van der Waals surface area contributed by atoms with Crippen molar-refractivity contribution in [3.05, 3.63) is 65.5 Å². The zero-order chi connectivity index (χ0) is 14.7. The zero-order valence-electron chi connectivity index (χ0n) is 10.2. The molecule has 1 atom stereocenters. The van der Waals surface area contributed by atoms with Gasteiger partial charge in [0.2, 0.25) is 5.91 Å². The molecule has 0 radical (unpaired) electrons. The first kappa shape index (κ1) is 14.1. The Hall–Kier alpha value is -2.34. The number of carbonyl (C=O) groups is 1. The number of nitrogens with one attached hydrogen (secondary N) is 1. The molecule has 0 saturated heterocycles. The average Bonchev–Trinajstić information content (AvgIpc) is 2.44. The standard InChI is InChI=1S/C14H11F3N2O/c15-9-6-10(16)12(17)11(7-9)19-14(20)13(18)8-4-2-1-3-5-8/h1-7,13H,18H2,(H,19,20)/t13-/m1/s1. The molecule has 0 saturated carbocycles. The molecular weight excluding hydrogens is 269 g/mol. The van der Waals surface area contributed by atoms with E-state index in [-0.39, 0.29) is 0 Å². The molecule has 3 N–H and O–H groups in total. The van der Waals surface area contributed by atoms with Gasteiger partial charge >= 0.3 is 0 Å². The Labute approximate surface area is 113 Å². The highest BCUT2D eigenvalue weighted by Gasteiger charge is 2.19. The molecule has 20 heavy (non-hydrogen) atoms. The van der Waals surface area contributed by atoms with Gasteiger partial charge in [0.1, 0.15) is 11.9 Å². The first-order chi connectivity index (χ1) is 9.49. The van der Waals surface area contributed by atoms with E-state index < -0.39 is 35.1 Å². The van der Waals surface area contributed by atoms with Crippen LogP contribution < -0.4 is 11.1 Å². The monoisotopic (exact) mass is 280 g/mol. The summed E-state index contributed by atoms with van der Waals surface area (Å²) in [6.45, 7) is 0. The highest BCUT2D eigenvalue weighted by atomic mass is 19.2. The second kappa shape index (κ2) is 5.75. The van der Waals surface area contributed by atoms with Gasteiger partial charge in [-0.15, -0.1) is 0 Å². The van der Waals surface area contributed by atoms with Crippen molar-refractivity contribution in [3.8, 4) is 0 Å². The summed E-state index contributed by atoms with van der Waals surface area (Å²) in [6.07, 6.45) is 0. The van der Waals surface area contributed by atoms with Crippen LogP contribution in [0, 0.1) is 17.5 Å². The van der Waals surface area contributed by atoms with Gasteiger partial charge in [-0.25, -0.2) is 13.2 Å². The summed E-state index contributed by atoms with van der Waals surface area (Å²) >= 11 is 0. The number of rotatable bonds is 3. The van der Waals surface area contributed by atoms with Crippen molar-refractivity contribution < 1.29 is 18.0 Å². The summed E-state index contributed by atoms with van der Waals surface area (Å²) in [7, 11) is 0. The second-order valence-corrected chi connectivity index (χ2v) is 4.13. The first-order valence-corrected chi connectivity index (χ1v) is 5.75. The Bertz CT molecular complexity index is 632. The third-order valence-corrected chi connectivity index (χ3v) is 2.69. The molecule has 0 aliphatic carbocycles. The summed E-state index contributed by atoms with van der Waals surface area (Å²) in [5.74, 6) is -4.47. The van der Waals surface area contributed by atoms with Crippen LogP contribution in [0.4, 0.5) is 18.9 Å². The Kier molecular flexibility index (Phi) is 4.05. The summed E-state index contributed by atoms with van der Waals surface area (Å²) < 4.78 is 39.4. The van der Waals surface area contributed by atoms with Gasteiger partial charge in [0, 0.05) is 12.1 Å². The van der Waals surface area contributed by atoms with Crippen molar-refractivity contribution >= 4 is 11.6 Å². The first-order valence-electron chi connectivity index (χ1n) is 5.75. The lowest BCUT2D eigenvalue weighted by molar-refractivity contribution is -0.117. The zero-order valence-corrected chi connectivity index (χ0v) is 10.2. The molecule has 0 aliphatic rings.